The van der Waals surface area contributed by atoms with Crippen LogP contribution in [-0.4, -0.2) is 91.5 Å². The van der Waals surface area contributed by atoms with Crippen molar-refractivity contribution in [2.24, 2.45) is 40.9 Å². The SMILES string of the molecule is O=C1C2CCCCC2[C@](CC2=C(I)CCCC2)(C(=O)NCCN2CCOCC2)[C@H](C2CCC(CO)CC2)N1CC1CCCCC1C(F)(F)F. The number of hydrogen-bond acceptors (Lipinski definition) is 5. The van der Waals surface area contributed by atoms with Crippen LogP contribution in [0.25, 0.3) is 0 Å². The average Bonchev–Trinajstić information content (AvgIpc) is 3.11. The first kappa shape index (κ1) is 37.8. The van der Waals surface area contributed by atoms with Gasteiger partial charge in [0.2, 0.25) is 11.8 Å². The summed E-state index contributed by atoms with van der Waals surface area (Å²) < 4.78 is 50.6. The highest BCUT2D eigenvalue weighted by Gasteiger charge is 2.64. The minimum absolute atomic E-state index is 0.00870. The highest BCUT2D eigenvalue weighted by Crippen LogP contribution is 2.58. The van der Waals surface area contributed by atoms with Crippen LogP contribution in [-0.2, 0) is 14.3 Å². The quantitative estimate of drug-likeness (QED) is 0.228. The number of aliphatic hydroxyl groups excluding tert-OH is 1. The molecule has 2 aliphatic heterocycles. The molecular formula is C38H59F3IN3O4. The van der Waals surface area contributed by atoms with E-state index < -0.39 is 29.5 Å². The van der Waals surface area contributed by atoms with Crippen LogP contribution in [0.2, 0.25) is 0 Å². The van der Waals surface area contributed by atoms with Crippen molar-refractivity contribution in [2.75, 3.05) is 52.5 Å². The van der Waals surface area contributed by atoms with E-state index in [-0.39, 0.29) is 55.1 Å². The van der Waals surface area contributed by atoms with Gasteiger partial charge in [0, 0.05) is 51.3 Å². The van der Waals surface area contributed by atoms with Crippen LogP contribution in [0.15, 0.2) is 9.15 Å². The normalized spacial score (nSPS) is 36.8. The van der Waals surface area contributed by atoms with E-state index in [9.17, 15) is 23.1 Å². The minimum Gasteiger partial charge on any atom is -0.396 e. The Morgan fingerprint density at radius 1 is 0.939 bits per heavy atom. The molecule has 0 aromatic rings. The van der Waals surface area contributed by atoms with Crippen molar-refractivity contribution in [3.8, 4) is 0 Å². The maximum absolute atomic E-state index is 15.4. The van der Waals surface area contributed by atoms with E-state index in [2.05, 4.69) is 32.8 Å². The zero-order valence-electron chi connectivity index (χ0n) is 29.3. The molecular weight excluding hydrogens is 746 g/mol. The summed E-state index contributed by atoms with van der Waals surface area (Å²) in [6, 6.07) is -0.447. The van der Waals surface area contributed by atoms with Gasteiger partial charge in [0.15, 0.2) is 0 Å². The predicted octanol–water partition coefficient (Wildman–Crippen LogP) is 7.26. The van der Waals surface area contributed by atoms with Crippen LogP contribution in [0.1, 0.15) is 109 Å². The Bertz CT molecular complexity index is 1170. The molecule has 0 aromatic heterocycles. The highest BCUT2D eigenvalue weighted by molar-refractivity contribution is 14.1. The van der Waals surface area contributed by atoms with E-state index in [1.54, 1.807) is 0 Å². The number of nitrogens with one attached hydrogen (secondary N) is 1. The Morgan fingerprint density at radius 3 is 2.35 bits per heavy atom. The Kier molecular flexibility index (Phi) is 13.0. The fraction of sp³-hybridized carbons (Fsp3) is 0.895. The Balaban J connectivity index is 1.43. The molecule has 2 heterocycles. The van der Waals surface area contributed by atoms with Gasteiger partial charge in [-0.1, -0.05) is 31.3 Å². The second-order valence-corrected chi connectivity index (χ2v) is 17.5. The standard InChI is InChI=1S/C38H59F3IN3O4/c39-38(40,41)31-10-4-1-8-29(31)24-45-34(27-15-13-26(25-46)14-16-27)37(23-28-7-2-6-12-33(28)42,32-11-5-3-9-30(32)35(45)47)36(48)43-17-18-44-19-21-49-22-20-44/h26-27,29-32,34,46H,1-25H2,(H,43,48)/t26?,27?,29?,30?,31?,32?,34-,37-/m0/s1. The lowest BCUT2D eigenvalue weighted by molar-refractivity contribution is -0.205. The first-order valence-electron chi connectivity index (χ1n) is 19.6. The number of fused-ring (bicyclic) bond motifs is 1. The maximum atomic E-state index is 15.4. The van der Waals surface area contributed by atoms with Crippen molar-refractivity contribution in [1.29, 1.82) is 0 Å². The molecule has 0 spiro atoms. The van der Waals surface area contributed by atoms with Crippen molar-refractivity contribution in [2.45, 2.75) is 121 Å². The van der Waals surface area contributed by atoms with Crippen molar-refractivity contribution >= 4 is 34.4 Å². The number of hydrogen-bond donors (Lipinski definition) is 2. The summed E-state index contributed by atoms with van der Waals surface area (Å²) in [4.78, 5) is 34.5. The number of morpholine rings is 1. The number of carbonyl (C=O) groups excluding carboxylic acids is 2. The smallest absolute Gasteiger partial charge is 0.392 e. The molecule has 0 aromatic carbocycles. The third-order valence-electron chi connectivity index (χ3n) is 13.5. The van der Waals surface area contributed by atoms with Gasteiger partial charge >= 0.3 is 6.18 Å². The lowest BCUT2D eigenvalue weighted by Gasteiger charge is -2.61. The first-order valence-corrected chi connectivity index (χ1v) is 20.6. The summed E-state index contributed by atoms with van der Waals surface area (Å²) in [5.41, 5.74) is 0.431. The molecule has 278 valence electrons. The average molecular weight is 806 g/mol. The van der Waals surface area contributed by atoms with Crippen molar-refractivity contribution in [3.63, 3.8) is 0 Å². The van der Waals surface area contributed by atoms with Gasteiger partial charge in [0.25, 0.3) is 0 Å². The van der Waals surface area contributed by atoms with Crippen LogP contribution in [0.5, 0.6) is 0 Å². The second-order valence-electron chi connectivity index (χ2n) is 16.2. The van der Waals surface area contributed by atoms with E-state index in [4.69, 9.17) is 4.74 Å². The first-order chi connectivity index (χ1) is 23.6. The number of alkyl halides is 3. The fourth-order valence-electron chi connectivity index (χ4n) is 11.0. The second kappa shape index (κ2) is 16.8. The molecule has 2 amide bonds. The molecule has 4 aliphatic carbocycles. The van der Waals surface area contributed by atoms with Crippen LogP contribution in [0, 0.1) is 40.9 Å². The van der Waals surface area contributed by atoms with Crippen LogP contribution >= 0.6 is 22.6 Å². The molecule has 6 atom stereocenters. The van der Waals surface area contributed by atoms with Crippen molar-refractivity contribution in [3.05, 3.63) is 9.15 Å². The predicted molar refractivity (Wildman–Crippen MR) is 192 cm³/mol. The molecule has 11 heteroatoms. The van der Waals surface area contributed by atoms with Crippen LogP contribution in [0.3, 0.4) is 0 Å². The zero-order valence-corrected chi connectivity index (χ0v) is 31.5. The number of ether oxygens (including phenoxy) is 1. The lowest BCUT2D eigenvalue weighted by Crippen LogP contribution is -2.71. The monoisotopic (exact) mass is 805 g/mol. The molecule has 2 N–H and O–H groups in total. The number of piperidine rings is 1. The maximum Gasteiger partial charge on any atom is 0.392 e. The topological polar surface area (TPSA) is 82.1 Å². The largest absolute Gasteiger partial charge is 0.396 e. The van der Waals surface area contributed by atoms with E-state index in [0.29, 0.717) is 45.4 Å². The van der Waals surface area contributed by atoms with E-state index in [1.807, 2.05) is 4.90 Å². The minimum atomic E-state index is -4.30. The summed E-state index contributed by atoms with van der Waals surface area (Å²) in [5, 5.41) is 13.5. The number of nitrogens with zero attached hydrogens (tertiary/aromatic N) is 2. The van der Waals surface area contributed by atoms with Crippen LogP contribution in [0.4, 0.5) is 13.2 Å². The third-order valence-corrected chi connectivity index (χ3v) is 14.8. The summed E-state index contributed by atoms with van der Waals surface area (Å²) >= 11 is 2.48. The van der Waals surface area contributed by atoms with Gasteiger partial charge in [-0.15, -0.1) is 0 Å². The van der Waals surface area contributed by atoms with Crippen LogP contribution < -0.4 is 5.32 Å². The number of carbonyl (C=O) groups is 2. The van der Waals surface area contributed by atoms with Gasteiger partial charge in [0.1, 0.15) is 0 Å². The molecule has 49 heavy (non-hydrogen) atoms. The third kappa shape index (κ3) is 8.34. The molecule has 7 nitrogen and oxygen atoms in total. The number of rotatable bonds is 10. The van der Waals surface area contributed by atoms with Gasteiger partial charge in [-0.05, 0) is 133 Å². The molecule has 2 saturated heterocycles. The summed E-state index contributed by atoms with van der Waals surface area (Å²) in [7, 11) is 0. The number of allylic oxidation sites excluding steroid dienone is 2. The molecule has 0 radical (unpaired) electrons. The van der Waals surface area contributed by atoms with E-state index >= 15 is 4.79 Å². The van der Waals surface area contributed by atoms with Gasteiger partial charge in [-0.3, -0.25) is 14.5 Å². The molecule has 3 saturated carbocycles. The molecule has 6 rings (SSSR count). The van der Waals surface area contributed by atoms with E-state index in [0.717, 1.165) is 96.7 Å². The van der Waals surface area contributed by atoms with Gasteiger partial charge < -0.3 is 20.1 Å². The Hall–Kier alpha value is -0.920. The van der Waals surface area contributed by atoms with Gasteiger partial charge in [0.05, 0.1) is 24.5 Å². The summed E-state index contributed by atoms with van der Waals surface area (Å²) in [6.45, 7) is 4.48. The zero-order chi connectivity index (χ0) is 34.6. The Morgan fingerprint density at radius 2 is 1.63 bits per heavy atom. The molecule has 4 unspecified atom stereocenters. The molecule has 0 bridgehead atoms. The number of likely N-dealkylation sites (tertiary alicyclic amines) is 1. The number of aliphatic hydroxyl groups is 1. The number of halogens is 4. The summed E-state index contributed by atoms with van der Waals surface area (Å²) in [6.07, 6.45) is 8.93. The van der Waals surface area contributed by atoms with E-state index in [1.165, 1.54) is 9.15 Å². The van der Waals surface area contributed by atoms with Gasteiger partial charge in [-0.2, -0.15) is 13.2 Å². The fourth-order valence-corrected chi connectivity index (χ4v) is 11.8. The Labute approximate surface area is 305 Å². The van der Waals surface area contributed by atoms with Crippen molar-refractivity contribution < 1.29 is 32.6 Å². The van der Waals surface area contributed by atoms with Crippen molar-refractivity contribution in [1.82, 2.24) is 15.1 Å². The summed E-state index contributed by atoms with van der Waals surface area (Å²) in [5.74, 6) is -2.30. The highest BCUT2D eigenvalue weighted by atomic mass is 127. The molecule has 5 fully saturated rings. The lowest BCUT2D eigenvalue weighted by atomic mass is 9.51. The molecule has 6 aliphatic rings. The van der Waals surface area contributed by atoms with Gasteiger partial charge in [-0.25, -0.2) is 0 Å². The number of amides is 2.